The van der Waals surface area contributed by atoms with Crippen LogP contribution in [0.4, 0.5) is 4.79 Å². The van der Waals surface area contributed by atoms with Crippen LogP contribution in [0.15, 0.2) is 78.9 Å². The van der Waals surface area contributed by atoms with E-state index in [1.54, 1.807) is 54.6 Å². The molecule has 3 amide bonds. The summed E-state index contributed by atoms with van der Waals surface area (Å²) in [5.41, 5.74) is 10.5. The molecule has 41 heavy (non-hydrogen) atoms. The van der Waals surface area contributed by atoms with Crippen LogP contribution in [0, 0.1) is 0 Å². The van der Waals surface area contributed by atoms with Gasteiger partial charge < -0.3 is 9.84 Å². The number of ether oxygens (including phenoxy) is 1. The molecule has 1 heterocycles. The molecule has 0 saturated heterocycles. The summed E-state index contributed by atoms with van der Waals surface area (Å²) in [7, 11) is 1.53. The van der Waals surface area contributed by atoms with Gasteiger partial charge in [-0.2, -0.15) is 9.89 Å². The molecule has 10 heteroatoms. The van der Waals surface area contributed by atoms with Crippen LogP contribution in [0.1, 0.15) is 64.4 Å². The highest BCUT2D eigenvalue weighted by Crippen LogP contribution is 2.38. The lowest BCUT2D eigenvalue weighted by Gasteiger charge is -2.22. The van der Waals surface area contributed by atoms with Crippen molar-refractivity contribution in [2.45, 2.75) is 38.0 Å². The zero-order chi connectivity index (χ0) is 28.8. The minimum absolute atomic E-state index is 0.111. The number of nitrogens with one attached hydrogen (secondary N) is 3. The minimum Gasteiger partial charge on any atom is -0.497 e. The van der Waals surface area contributed by atoms with Gasteiger partial charge in [-0.05, 0) is 54.2 Å². The second-order valence-electron chi connectivity index (χ2n) is 9.86. The Balaban J connectivity index is 1.57. The summed E-state index contributed by atoms with van der Waals surface area (Å²) < 4.78 is 5.41. The molecule has 1 aromatic heterocycles. The molecule has 210 valence electrons. The van der Waals surface area contributed by atoms with Crippen LogP contribution in [0.2, 0.25) is 0 Å². The number of methoxy groups -OCH3 is 1. The lowest BCUT2D eigenvalue weighted by atomic mass is 9.83. The number of hydrogen-bond acceptors (Lipinski definition) is 5. The number of carbonyl (C=O) groups is 3. The van der Waals surface area contributed by atoms with E-state index in [4.69, 9.17) is 4.74 Å². The molecule has 1 aliphatic carbocycles. The number of carboxylic acid groups (broad SMARTS) is 1. The van der Waals surface area contributed by atoms with Crippen molar-refractivity contribution in [2.75, 3.05) is 12.5 Å². The average molecular weight is 554 g/mol. The summed E-state index contributed by atoms with van der Waals surface area (Å²) in [5.74, 6) is -0.240. The van der Waals surface area contributed by atoms with Crippen molar-refractivity contribution >= 4 is 17.9 Å². The van der Waals surface area contributed by atoms with E-state index in [1.807, 2.05) is 12.1 Å². The van der Waals surface area contributed by atoms with Gasteiger partial charge in [-0.25, -0.2) is 10.2 Å². The van der Waals surface area contributed by atoms with Crippen molar-refractivity contribution in [2.24, 2.45) is 0 Å². The van der Waals surface area contributed by atoms with Crippen LogP contribution >= 0.6 is 0 Å². The summed E-state index contributed by atoms with van der Waals surface area (Å²) in [5, 5.41) is 14.1. The third-order valence-electron chi connectivity index (χ3n) is 7.25. The number of carbonyl (C=O) groups excluding carboxylic acids is 2. The third kappa shape index (κ3) is 6.22. The molecule has 5 rings (SSSR count). The Morgan fingerprint density at radius 2 is 1.56 bits per heavy atom. The molecule has 0 spiro atoms. The molecule has 0 bridgehead atoms. The van der Waals surface area contributed by atoms with E-state index in [0.717, 1.165) is 17.6 Å². The SMILES string of the molecule is COc1cccc(-c2c(-c3ccc(C4CCCCC4)cc3)nn(NC(=O)O)c2C(=O)NNC(=O)c2ccccc2)c1. The van der Waals surface area contributed by atoms with Gasteiger partial charge >= 0.3 is 6.09 Å². The molecule has 1 fully saturated rings. The van der Waals surface area contributed by atoms with Gasteiger partial charge in [0.15, 0.2) is 5.69 Å². The second-order valence-corrected chi connectivity index (χ2v) is 9.86. The van der Waals surface area contributed by atoms with Gasteiger partial charge in [0.05, 0.1) is 7.11 Å². The average Bonchev–Trinajstić information content (AvgIpc) is 3.39. The first-order valence-electron chi connectivity index (χ1n) is 13.5. The fourth-order valence-electron chi connectivity index (χ4n) is 5.24. The number of aromatic nitrogens is 2. The van der Waals surface area contributed by atoms with Crippen molar-refractivity contribution in [3.8, 4) is 28.1 Å². The second kappa shape index (κ2) is 12.4. The van der Waals surface area contributed by atoms with Gasteiger partial charge in [0.25, 0.3) is 11.8 Å². The Morgan fingerprint density at radius 1 is 0.854 bits per heavy atom. The van der Waals surface area contributed by atoms with Crippen LogP contribution in [0.3, 0.4) is 0 Å². The van der Waals surface area contributed by atoms with E-state index in [9.17, 15) is 19.5 Å². The lowest BCUT2D eigenvalue weighted by Crippen LogP contribution is -2.43. The Kier molecular flexibility index (Phi) is 8.28. The molecule has 0 radical (unpaired) electrons. The van der Waals surface area contributed by atoms with Gasteiger partial charge in [0.1, 0.15) is 11.4 Å². The predicted molar refractivity (Wildman–Crippen MR) is 154 cm³/mol. The van der Waals surface area contributed by atoms with Crippen molar-refractivity contribution < 1.29 is 24.2 Å². The molecule has 0 unspecified atom stereocenters. The number of hydrogen-bond donors (Lipinski definition) is 4. The van der Waals surface area contributed by atoms with Crippen LogP contribution in [-0.2, 0) is 0 Å². The fraction of sp³-hybridized carbons (Fsp3) is 0.226. The van der Waals surface area contributed by atoms with Crippen molar-refractivity contribution in [1.82, 2.24) is 20.7 Å². The monoisotopic (exact) mass is 553 g/mol. The summed E-state index contributed by atoms with van der Waals surface area (Å²) >= 11 is 0. The number of benzene rings is 3. The number of amides is 3. The van der Waals surface area contributed by atoms with Crippen LogP contribution in [0.5, 0.6) is 5.75 Å². The standard InChI is InChI=1S/C31H31N5O5/c1-41-25-14-8-13-24(19-25)26-27(22-17-15-21(16-18-22)20-9-4-2-5-10-20)34-36(35-31(39)40)28(26)30(38)33-32-29(37)23-11-6-3-7-12-23/h3,6-8,11-20,35H,2,4-5,9-10H2,1H3,(H,32,37)(H,33,38)(H,39,40). The number of nitrogens with zero attached hydrogens (tertiary/aromatic N) is 2. The van der Waals surface area contributed by atoms with Gasteiger partial charge in [0.2, 0.25) is 0 Å². The first-order valence-corrected chi connectivity index (χ1v) is 13.5. The van der Waals surface area contributed by atoms with Gasteiger partial charge in [-0.3, -0.25) is 20.4 Å². The third-order valence-corrected chi connectivity index (χ3v) is 7.25. The molecular formula is C31H31N5O5. The summed E-state index contributed by atoms with van der Waals surface area (Å²) in [4.78, 5) is 38.8. The lowest BCUT2D eigenvalue weighted by molar-refractivity contribution is 0.0842. The molecular weight excluding hydrogens is 522 g/mol. The molecule has 10 nitrogen and oxygen atoms in total. The molecule has 3 aromatic carbocycles. The first-order chi connectivity index (χ1) is 19.9. The van der Waals surface area contributed by atoms with E-state index < -0.39 is 17.9 Å². The summed E-state index contributed by atoms with van der Waals surface area (Å²) in [6.45, 7) is 0. The van der Waals surface area contributed by atoms with Crippen LogP contribution in [0.25, 0.3) is 22.4 Å². The predicted octanol–water partition coefficient (Wildman–Crippen LogP) is 5.57. The smallest absolute Gasteiger partial charge is 0.425 e. The van der Waals surface area contributed by atoms with Crippen LogP contribution in [-0.4, -0.2) is 40.0 Å². The van der Waals surface area contributed by atoms with E-state index in [-0.39, 0.29) is 5.69 Å². The highest BCUT2D eigenvalue weighted by molar-refractivity contribution is 6.05. The van der Waals surface area contributed by atoms with E-state index >= 15 is 0 Å². The quantitative estimate of drug-likeness (QED) is 0.221. The highest BCUT2D eigenvalue weighted by Gasteiger charge is 2.28. The molecule has 0 atom stereocenters. The Labute approximate surface area is 237 Å². The Bertz CT molecular complexity index is 1540. The summed E-state index contributed by atoms with van der Waals surface area (Å²) in [6.07, 6.45) is 4.61. The zero-order valence-electron chi connectivity index (χ0n) is 22.6. The van der Waals surface area contributed by atoms with Crippen LogP contribution < -0.4 is 21.0 Å². The van der Waals surface area contributed by atoms with Crippen molar-refractivity contribution in [3.05, 3.63) is 95.7 Å². The van der Waals surface area contributed by atoms with Gasteiger partial charge in [-0.15, -0.1) is 0 Å². The normalized spacial score (nSPS) is 13.3. The first kappa shape index (κ1) is 27.4. The highest BCUT2D eigenvalue weighted by atomic mass is 16.5. The maximum atomic E-state index is 13.6. The van der Waals surface area contributed by atoms with Crippen molar-refractivity contribution in [1.29, 1.82) is 0 Å². The summed E-state index contributed by atoms with van der Waals surface area (Å²) in [6, 6.07) is 23.5. The van der Waals surface area contributed by atoms with E-state index in [1.165, 1.54) is 31.9 Å². The maximum absolute atomic E-state index is 13.6. The number of hydrazine groups is 1. The molecule has 1 aliphatic rings. The Morgan fingerprint density at radius 3 is 2.24 bits per heavy atom. The molecule has 4 N–H and O–H groups in total. The minimum atomic E-state index is -1.41. The molecule has 4 aromatic rings. The molecule has 0 aliphatic heterocycles. The zero-order valence-corrected chi connectivity index (χ0v) is 22.6. The van der Waals surface area contributed by atoms with Gasteiger partial charge in [-0.1, -0.05) is 73.9 Å². The molecule has 1 saturated carbocycles. The van der Waals surface area contributed by atoms with Crippen molar-refractivity contribution in [3.63, 3.8) is 0 Å². The maximum Gasteiger partial charge on any atom is 0.425 e. The Hall–Kier alpha value is -5.12. The number of rotatable bonds is 7. The van der Waals surface area contributed by atoms with E-state index in [2.05, 4.69) is 33.5 Å². The largest absolute Gasteiger partial charge is 0.497 e. The van der Waals surface area contributed by atoms with Gasteiger partial charge in [0, 0.05) is 16.7 Å². The fourth-order valence-corrected chi connectivity index (χ4v) is 5.24. The topological polar surface area (TPSA) is 135 Å². The van der Waals surface area contributed by atoms with E-state index in [0.29, 0.717) is 39.6 Å².